The van der Waals surface area contributed by atoms with E-state index in [-0.39, 0.29) is 87.4 Å². The zero-order valence-electron chi connectivity index (χ0n) is 52.2. The number of halogens is 2. The Bertz CT molecular complexity index is 1510. The third-order valence-electron chi connectivity index (χ3n) is 14.3. The van der Waals surface area contributed by atoms with Crippen LogP contribution in [0.15, 0.2) is 0 Å². The van der Waals surface area contributed by atoms with Crippen LogP contribution in [-0.2, 0) is 52.5 Å². The molecular formula is C62H120Cl2N2O14. The first-order chi connectivity index (χ1) is 37.2. The molecule has 0 heterocycles. The number of ether oxygens (including phenoxy) is 5. The number of aliphatic hydroxyl groups excluding tert-OH is 2. The van der Waals surface area contributed by atoms with Crippen molar-refractivity contribution in [1.82, 2.24) is 0 Å². The highest BCUT2D eigenvalue weighted by atomic mass is 35.5. The monoisotopic (exact) mass is 1190 g/mol. The van der Waals surface area contributed by atoms with E-state index in [9.17, 15) is 39.0 Å². The molecular weight excluding hydrogens is 1070 g/mol. The Morgan fingerprint density at radius 1 is 0.375 bits per heavy atom. The number of carboxylic acids is 1. The highest BCUT2D eigenvalue weighted by Gasteiger charge is 2.29. The van der Waals surface area contributed by atoms with Crippen LogP contribution in [-0.4, -0.2) is 159 Å². The van der Waals surface area contributed by atoms with Crippen LogP contribution in [0.4, 0.5) is 0 Å². The molecule has 0 fully saturated rings. The van der Waals surface area contributed by atoms with Crippen LogP contribution in [0.5, 0.6) is 0 Å². The summed E-state index contributed by atoms with van der Waals surface area (Å²) in [6.45, 7) is 11.7. The van der Waals surface area contributed by atoms with Crippen LogP contribution in [0, 0.1) is 0 Å². The molecule has 0 saturated heterocycles. The average Bonchev–Trinajstić information content (AvgIpc) is 3.35. The lowest BCUT2D eigenvalue weighted by atomic mass is 9.99. The Hall–Kier alpha value is -2.76. The van der Waals surface area contributed by atoms with Gasteiger partial charge in [0.1, 0.15) is 38.5 Å². The van der Waals surface area contributed by atoms with E-state index in [2.05, 4.69) is 20.8 Å². The standard InChI is InChI=1S/C36H70NO7.C26H49NO7.2ClH/c1-6-8-10-12-14-15-20-24-29-43-35(40)27-23-19-16-17-21-25-33(39)34(26-22-18-13-11-9-7-2)44-36(41)31-37(4,5)28-30-42-32(3)38;1-5-6-7-8-11-14-17-24(23(29)16-13-10-9-12-15-18-25(30)31)34-26(32)21-27(3,4)19-20-33-22(2)28;;/h33-34,39H,6-31H2,1-5H3;23-24,29H,5-21H2,1-4H3;2*1H/q+1;;;/p-1. The molecule has 0 aliphatic heterocycles. The predicted octanol–water partition coefficient (Wildman–Crippen LogP) is 6.54. The summed E-state index contributed by atoms with van der Waals surface area (Å²) in [5, 5.41) is 30.4. The first kappa shape index (κ1) is 83.7. The van der Waals surface area contributed by atoms with Gasteiger partial charge in [0.05, 0.1) is 47.0 Å². The van der Waals surface area contributed by atoms with E-state index in [1.807, 2.05) is 28.2 Å². The van der Waals surface area contributed by atoms with Crippen LogP contribution in [0.25, 0.3) is 0 Å². The maximum absolute atomic E-state index is 12.8. The Labute approximate surface area is 499 Å². The number of aliphatic hydroxyl groups is 2. The van der Waals surface area contributed by atoms with Crippen molar-refractivity contribution in [2.75, 3.05) is 74.2 Å². The first-order valence-corrected chi connectivity index (χ1v) is 31.2. The number of likely N-dealkylation sites (N-methyl/N-ethyl adjacent to an activating group) is 2. The van der Waals surface area contributed by atoms with Gasteiger partial charge in [0.2, 0.25) is 0 Å². The lowest BCUT2D eigenvalue weighted by Gasteiger charge is -2.30. The second kappa shape index (κ2) is 56.7. The number of nitrogens with zero attached hydrogens (tertiary/aromatic N) is 2. The van der Waals surface area contributed by atoms with Crippen LogP contribution >= 0.6 is 0 Å². The maximum atomic E-state index is 12.8. The molecule has 4 unspecified atom stereocenters. The van der Waals surface area contributed by atoms with Crippen molar-refractivity contribution >= 4 is 35.8 Å². The molecule has 0 rings (SSSR count). The molecule has 18 heteroatoms. The molecule has 0 saturated carbocycles. The first-order valence-electron chi connectivity index (χ1n) is 31.2. The number of rotatable bonds is 53. The van der Waals surface area contributed by atoms with Crippen molar-refractivity contribution in [1.29, 1.82) is 0 Å². The molecule has 0 aromatic carbocycles. The number of hydrogen-bond acceptors (Lipinski definition) is 13. The van der Waals surface area contributed by atoms with Gasteiger partial charge in [-0.05, 0) is 57.8 Å². The SMILES string of the molecule is CCCCCCCCC(OC(=O)C[N+](C)(C)CCOC(C)=O)C(O)CCCCCCCC(=O)O.CCCCCCCCCCOC(=O)CCCCCCCC(O)C(CCCCCCCC)OC(=O)C[N+](C)(C)CCOC(C)=O.[Cl-].[Cl-]. The predicted molar refractivity (Wildman–Crippen MR) is 311 cm³/mol. The fraction of sp³-hybridized carbons (Fsp3) is 0.903. The van der Waals surface area contributed by atoms with E-state index in [0.717, 1.165) is 109 Å². The van der Waals surface area contributed by atoms with Crippen molar-refractivity contribution in [2.45, 2.75) is 290 Å². The van der Waals surface area contributed by atoms with Crippen molar-refractivity contribution < 1.29 is 102 Å². The minimum Gasteiger partial charge on any atom is -1.00 e. The van der Waals surface area contributed by atoms with Crippen molar-refractivity contribution in [3.8, 4) is 0 Å². The molecule has 0 aromatic heterocycles. The van der Waals surface area contributed by atoms with Gasteiger partial charge in [0, 0.05) is 26.7 Å². The zero-order valence-corrected chi connectivity index (χ0v) is 53.7. The Morgan fingerprint density at radius 2 is 0.675 bits per heavy atom. The van der Waals surface area contributed by atoms with Crippen molar-refractivity contribution in [3.63, 3.8) is 0 Å². The number of aliphatic carboxylic acids is 1. The van der Waals surface area contributed by atoms with E-state index in [4.69, 9.17) is 28.8 Å². The number of quaternary nitrogens is 2. The molecule has 0 bridgehead atoms. The number of hydrogen-bond donors (Lipinski definition) is 3. The van der Waals surface area contributed by atoms with Gasteiger partial charge in [-0.15, -0.1) is 0 Å². The van der Waals surface area contributed by atoms with E-state index >= 15 is 0 Å². The third-order valence-corrected chi connectivity index (χ3v) is 14.3. The van der Waals surface area contributed by atoms with Gasteiger partial charge in [-0.3, -0.25) is 19.2 Å². The minimum absolute atomic E-state index is 0. The third kappa shape index (κ3) is 58.4. The number of carboxylic acid groups (broad SMARTS) is 1. The summed E-state index contributed by atoms with van der Waals surface area (Å²) >= 11 is 0. The summed E-state index contributed by atoms with van der Waals surface area (Å²) in [4.78, 5) is 70.1. The highest BCUT2D eigenvalue weighted by molar-refractivity contribution is 5.71. The van der Waals surface area contributed by atoms with Crippen LogP contribution in [0.2, 0.25) is 0 Å². The molecule has 80 heavy (non-hydrogen) atoms. The molecule has 0 spiro atoms. The Balaban J connectivity index is -0.000000726. The van der Waals surface area contributed by atoms with Gasteiger partial charge in [0.15, 0.2) is 13.1 Å². The van der Waals surface area contributed by atoms with Crippen molar-refractivity contribution in [2.24, 2.45) is 0 Å². The summed E-state index contributed by atoms with van der Waals surface area (Å²) < 4.78 is 27.7. The van der Waals surface area contributed by atoms with Crippen LogP contribution in [0.1, 0.15) is 266 Å². The van der Waals surface area contributed by atoms with E-state index in [1.165, 1.54) is 90.9 Å². The van der Waals surface area contributed by atoms with Gasteiger partial charge < -0.3 is 72.8 Å². The zero-order chi connectivity index (χ0) is 58.7. The van der Waals surface area contributed by atoms with E-state index in [0.29, 0.717) is 67.2 Å². The highest BCUT2D eigenvalue weighted by Crippen LogP contribution is 2.21. The maximum Gasteiger partial charge on any atom is 0.362 e. The average molecular weight is 1190 g/mol. The van der Waals surface area contributed by atoms with E-state index in [1.54, 1.807) is 0 Å². The topological polar surface area (TPSA) is 209 Å². The number of unbranched alkanes of at least 4 members (excludes halogenated alkanes) is 25. The summed E-state index contributed by atoms with van der Waals surface area (Å²) in [6, 6.07) is 0. The lowest BCUT2D eigenvalue weighted by molar-refractivity contribution is -0.883. The van der Waals surface area contributed by atoms with Gasteiger partial charge in [-0.2, -0.15) is 0 Å². The van der Waals surface area contributed by atoms with Crippen LogP contribution in [0.3, 0.4) is 0 Å². The van der Waals surface area contributed by atoms with Crippen LogP contribution < -0.4 is 24.8 Å². The number of carbonyl (C=O) groups is 6. The summed E-state index contributed by atoms with van der Waals surface area (Å²) in [5.74, 6) is -2.20. The molecule has 0 aliphatic carbocycles. The molecule has 0 aromatic rings. The Kier molecular flexibility index (Phi) is 59.3. The smallest absolute Gasteiger partial charge is 0.362 e. The normalized spacial score (nSPS) is 12.8. The van der Waals surface area contributed by atoms with Crippen molar-refractivity contribution in [3.05, 3.63) is 0 Å². The largest absolute Gasteiger partial charge is 1.00 e. The number of esters is 5. The fourth-order valence-corrected chi connectivity index (χ4v) is 9.23. The Morgan fingerprint density at radius 3 is 1.01 bits per heavy atom. The second-order valence-electron chi connectivity index (χ2n) is 23.3. The van der Waals surface area contributed by atoms with Gasteiger partial charge in [-0.25, -0.2) is 9.59 Å². The molecule has 3 N–H and O–H groups in total. The lowest BCUT2D eigenvalue weighted by Crippen LogP contribution is -3.00. The van der Waals surface area contributed by atoms with E-state index < -0.39 is 30.4 Å². The van der Waals surface area contributed by atoms with Gasteiger partial charge >= 0.3 is 35.8 Å². The molecule has 0 amide bonds. The number of carbonyl (C=O) groups excluding carboxylic acids is 5. The quantitative estimate of drug-likeness (QED) is 0.0256. The second-order valence-corrected chi connectivity index (χ2v) is 23.3. The van der Waals surface area contributed by atoms with Gasteiger partial charge in [0.25, 0.3) is 0 Å². The molecule has 4 atom stereocenters. The molecule has 16 nitrogen and oxygen atoms in total. The molecule has 476 valence electrons. The van der Waals surface area contributed by atoms with Gasteiger partial charge in [-0.1, -0.05) is 181 Å². The summed E-state index contributed by atoms with van der Waals surface area (Å²) in [5.41, 5.74) is 0. The molecule has 0 aliphatic rings. The minimum atomic E-state index is -0.761. The molecule has 0 radical (unpaired) electrons. The summed E-state index contributed by atoms with van der Waals surface area (Å²) in [7, 11) is 7.57. The fourth-order valence-electron chi connectivity index (χ4n) is 9.23. The summed E-state index contributed by atoms with van der Waals surface area (Å²) in [6.07, 6.45) is 33.1.